The molecule has 0 saturated carbocycles. The number of aromatic nitrogens is 1. The molecule has 0 fully saturated rings. The maximum absolute atomic E-state index is 12.5. The van der Waals surface area contributed by atoms with Crippen LogP contribution in [0.4, 0.5) is 0 Å². The van der Waals surface area contributed by atoms with E-state index >= 15 is 0 Å². The normalized spacial score (nSPS) is 16.9. The van der Waals surface area contributed by atoms with Gasteiger partial charge in [-0.3, -0.25) is 9.59 Å². The van der Waals surface area contributed by atoms with E-state index in [0.717, 1.165) is 5.56 Å². The largest absolute Gasteiger partial charge is 0.508 e. The van der Waals surface area contributed by atoms with Crippen molar-refractivity contribution in [3.05, 3.63) is 70.0 Å². The van der Waals surface area contributed by atoms with E-state index in [-0.39, 0.29) is 29.6 Å². The number of carbonyl (C=O) groups is 1. The highest BCUT2D eigenvalue weighted by atomic mass is 16.5. The highest BCUT2D eigenvalue weighted by Gasteiger charge is 2.32. The molecule has 114 valence electrons. The summed E-state index contributed by atoms with van der Waals surface area (Å²) in [6.45, 7) is 0. The number of rotatable bonds is 1. The van der Waals surface area contributed by atoms with Gasteiger partial charge >= 0.3 is 5.97 Å². The van der Waals surface area contributed by atoms with Crippen molar-refractivity contribution >= 4 is 16.9 Å². The molecule has 1 aromatic heterocycles. The van der Waals surface area contributed by atoms with Crippen LogP contribution in [0.2, 0.25) is 0 Å². The zero-order valence-corrected chi connectivity index (χ0v) is 12.1. The van der Waals surface area contributed by atoms with Gasteiger partial charge in [0, 0.05) is 11.3 Å². The standard InChI is InChI=1S/C18H13NO4/c20-11-7-5-10(6-8-11)13-9-15(21)23-17-12-3-1-2-4-14(12)19-18(22)16(13)17/h1-8,13,20H,9H2,(H,19,22)/t13-/m0/s1. The van der Waals surface area contributed by atoms with Gasteiger partial charge in [-0.15, -0.1) is 0 Å². The Morgan fingerprint density at radius 2 is 1.78 bits per heavy atom. The molecule has 0 amide bonds. The summed E-state index contributed by atoms with van der Waals surface area (Å²) < 4.78 is 5.39. The zero-order valence-electron chi connectivity index (χ0n) is 12.1. The molecule has 0 unspecified atom stereocenters. The first-order chi connectivity index (χ1) is 11.1. The lowest BCUT2D eigenvalue weighted by atomic mass is 9.86. The van der Waals surface area contributed by atoms with Crippen molar-refractivity contribution in [3.63, 3.8) is 0 Å². The highest BCUT2D eigenvalue weighted by molar-refractivity contribution is 5.91. The van der Waals surface area contributed by atoms with Gasteiger partial charge in [-0.25, -0.2) is 0 Å². The van der Waals surface area contributed by atoms with Gasteiger partial charge in [0.25, 0.3) is 5.56 Å². The van der Waals surface area contributed by atoms with Crippen molar-refractivity contribution in [2.24, 2.45) is 0 Å². The summed E-state index contributed by atoms with van der Waals surface area (Å²) in [5.41, 5.74) is 1.62. The van der Waals surface area contributed by atoms with Crippen LogP contribution < -0.4 is 10.3 Å². The Kier molecular flexibility index (Phi) is 2.94. The van der Waals surface area contributed by atoms with Gasteiger partial charge in [-0.05, 0) is 29.8 Å². The first-order valence-electron chi connectivity index (χ1n) is 7.28. The minimum absolute atomic E-state index is 0.0964. The molecule has 5 nitrogen and oxygen atoms in total. The monoisotopic (exact) mass is 307 g/mol. The van der Waals surface area contributed by atoms with Crippen LogP contribution >= 0.6 is 0 Å². The van der Waals surface area contributed by atoms with Crippen LogP contribution in [-0.2, 0) is 4.79 Å². The second kappa shape index (κ2) is 4.98. The average Bonchev–Trinajstić information content (AvgIpc) is 2.55. The molecule has 3 aromatic rings. The number of nitrogens with one attached hydrogen (secondary N) is 1. The minimum Gasteiger partial charge on any atom is -0.508 e. The number of aromatic amines is 1. The van der Waals surface area contributed by atoms with Crippen molar-refractivity contribution < 1.29 is 14.6 Å². The van der Waals surface area contributed by atoms with Gasteiger partial charge in [0.2, 0.25) is 0 Å². The summed E-state index contributed by atoms with van der Waals surface area (Å²) in [5, 5.41) is 10.1. The number of phenolic OH excluding ortho intramolecular Hbond substituents is 1. The number of phenols is 1. The molecule has 0 saturated heterocycles. The highest BCUT2D eigenvalue weighted by Crippen LogP contribution is 2.40. The number of ether oxygens (including phenoxy) is 1. The molecule has 1 atom stereocenters. The summed E-state index contributed by atoms with van der Waals surface area (Å²) in [5.74, 6) is -0.287. The first kappa shape index (κ1) is 13.6. The first-order valence-corrected chi connectivity index (χ1v) is 7.28. The van der Waals surface area contributed by atoms with Crippen LogP contribution in [0.5, 0.6) is 11.5 Å². The quantitative estimate of drug-likeness (QED) is 0.677. The number of pyridine rings is 1. The number of esters is 1. The fourth-order valence-corrected chi connectivity index (χ4v) is 3.07. The lowest BCUT2D eigenvalue weighted by Gasteiger charge is -2.25. The van der Waals surface area contributed by atoms with Gasteiger partial charge in [0.1, 0.15) is 11.5 Å². The molecule has 2 N–H and O–H groups in total. The van der Waals surface area contributed by atoms with Crippen LogP contribution in [0.1, 0.15) is 23.5 Å². The number of carbonyl (C=O) groups excluding carboxylic acids is 1. The SMILES string of the molecule is O=C1C[C@@H](c2ccc(O)cc2)c2c(c3ccccc3[nH]c2=O)O1. The molecule has 2 heterocycles. The predicted octanol–water partition coefficient (Wildman–Crippen LogP) is 2.67. The third-order valence-electron chi connectivity index (χ3n) is 4.14. The maximum Gasteiger partial charge on any atom is 0.312 e. The van der Waals surface area contributed by atoms with Crippen molar-refractivity contribution in [1.29, 1.82) is 0 Å². The Morgan fingerprint density at radius 3 is 2.57 bits per heavy atom. The number of benzene rings is 2. The lowest BCUT2D eigenvalue weighted by Crippen LogP contribution is -2.28. The molecule has 4 rings (SSSR count). The number of H-pyrrole nitrogens is 1. The Bertz CT molecular complexity index is 972. The van der Waals surface area contributed by atoms with E-state index in [1.54, 1.807) is 30.3 Å². The third-order valence-corrected chi connectivity index (χ3v) is 4.14. The molecule has 1 aliphatic rings. The smallest absolute Gasteiger partial charge is 0.312 e. The second-order valence-electron chi connectivity index (χ2n) is 5.56. The van der Waals surface area contributed by atoms with E-state index < -0.39 is 0 Å². The van der Waals surface area contributed by atoms with Crippen molar-refractivity contribution in [2.75, 3.05) is 0 Å². The van der Waals surface area contributed by atoms with E-state index in [2.05, 4.69) is 4.98 Å². The van der Waals surface area contributed by atoms with Crippen molar-refractivity contribution in [3.8, 4) is 11.5 Å². The van der Waals surface area contributed by atoms with Gasteiger partial charge in [0.15, 0.2) is 0 Å². The minimum atomic E-state index is -0.389. The van der Waals surface area contributed by atoms with E-state index in [9.17, 15) is 14.7 Å². The Labute approximate surface area is 131 Å². The lowest BCUT2D eigenvalue weighted by molar-refractivity contribution is -0.135. The van der Waals surface area contributed by atoms with E-state index in [4.69, 9.17) is 4.74 Å². The average molecular weight is 307 g/mol. The Hall–Kier alpha value is -3.08. The molecule has 2 aromatic carbocycles. The zero-order chi connectivity index (χ0) is 16.0. The molecule has 1 aliphatic heterocycles. The molecule has 0 aliphatic carbocycles. The maximum atomic E-state index is 12.5. The number of hydrogen-bond acceptors (Lipinski definition) is 4. The molecular formula is C18H13NO4. The summed E-state index contributed by atoms with van der Waals surface area (Å²) in [6.07, 6.45) is 0.0964. The fraction of sp³-hybridized carbons (Fsp3) is 0.111. The summed E-state index contributed by atoms with van der Waals surface area (Å²) in [4.78, 5) is 27.4. The van der Waals surface area contributed by atoms with Gasteiger partial charge < -0.3 is 14.8 Å². The predicted molar refractivity (Wildman–Crippen MR) is 84.8 cm³/mol. The topological polar surface area (TPSA) is 79.4 Å². The van der Waals surface area contributed by atoms with Gasteiger partial charge in [-0.1, -0.05) is 24.3 Å². The van der Waals surface area contributed by atoms with E-state index in [1.165, 1.54) is 0 Å². The molecular weight excluding hydrogens is 294 g/mol. The number of para-hydroxylation sites is 1. The van der Waals surface area contributed by atoms with Crippen LogP contribution in [0, 0.1) is 0 Å². The van der Waals surface area contributed by atoms with Gasteiger partial charge in [0.05, 0.1) is 17.5 Å². The molecule has 0 spiro atoms. The van der Waals surface area contributed by atoms with Crippen LogP contribution in [0.3, 0.4) is 0 Å². The molecule has 0 radical (unpaired) electrons. The second-order valence-corrected chi connectivity index (χ2v) is 5.56. The van der Waals surface area contributed by atoms with Crippen LogP contribution in [0.15, 0.2) is 53.3 Å². The fourth-order valence-electron chi connectivity index (χ4n) is 3.07. The van der Waals surface area contributed by atoms with Crippen LogP contribution in [-0.4, -0.2) is 16.1 Å². The number of hydrogen-bond donors (Lipinski definition) is 2. The van der Waals surface area contributed by atoms with Gasteiger partial charge in [-0.2, -0.15) is 0 Å². The molecule has 5 heteroatoms. The van der Waals surface area contributed by atoms with E-state index in [1.807, 2.05) is 18.2 Å². The Morgan fingerprint density at radius 1 is 1.04 bits per heavy atom. The Balaban J connectivity index is 2.00. The van der Waals surface area contributed by atoms with Crippen LogP contribution in [0.25, 0.3) is 10.9 Å². The summed E-state index contributed by atoms with van der Waals surface area (Å²) >= 11 is 0. The molecule has 0 bridgehead atoms. The summed E-state index contributed by atoms with van der Waals surface area (Å²) in [7, 11) is 0. The van der Waals surface area contributed by atoms with Crippen molar-refractivity contribution in [2.45, 2.75) is 12.3 Å². The third kappa shape index (κ3) is 2.17. The molecule has 23 heavy (non-hydrogen) atoms. The summed E-state index contributed by atoms with van der Waals surface area (Å²) in [6, 6.07) is 13.8. The number of aromatic hydroxyl groups is 1. The van der Waals surface area contributed by atoms with Crippen molar-refractivity contribution in [1.82, 2.24) is 4.98 Å². The van der Waals surface area contributed by atoms with E-state index in [0.29, 0.717) is 22.2 Å². The number of fused-ring (bicyclic) bond motifs is 3.